The van der Waals surface area contributed by atoms with Gasteiger partial charge in [0.25, 0.3) is 5.56 Å². The molecular weight excluding hydrogens is 475 g/mol. The second kappa shape index (κ2) is 9.96. The Kier molecular flexibility index (Phi) is 7.25. The summed E-state index contributed by atoms with van der Waals surface area (Å²) in [5.74, 6) is -1.03. The third kappa shape index (κ3) is 4.56. The molecule has 1 atom stereocenters. The number of benzene rings is 1. The van der Waals surface area contributed by atoms with E-state index in [1.54, 1.807) is 17.6 Å². The van der Waals surface area contributed by atoms with E-state index < -0.39 is 12.1 Å². The second-order valence-corrected chi connectivity index (χ2v) is 10.2. The van der Waals surface area contributed by atoms with E-state index in [9.17, 15) is 19.1 Å². The van der Waals surface area contributed by atoms with E-state index in [0.717, 1.165) is 41.3 Å². The molecule has 1 unspecified atom stereocenters. The minimum absolute atomic E-state index is 0.141. The van der Waals surface area contributed by atoms with Gasteiger partial charge in [-0.15, -0.1) is 0 Å². The Balaban J connectivity index is 0.000000355. The molecule has 198 valence electrons. The van der Waals surface area contributed by atoms with Gasteiger partial charge in [0.1, 0.15) is 12.4 Å². The Morgan fingerprint density at radius 2 is 1.81 bits per heavy atom. The fraction of sp³-hybridized carbons (Fsp3) is 0.464. The number of fused-ring (bicyclic) bond motifs is 5. The van der Waals surface area contributed by atoms with E-state index in [-0.39, 0.29) is 29.1 Å². The number of carbonyl (C=O) groups is 1. The number of nitrogens with zero attached hydrogens (tertiary/aromatic N) is 2. The van der Waals surface area contributed by atoms with Crippen LogP contribution in [0.25, 0.3) is 22.3 Å². The maximum Gasteiger partial charge on any atom is 0.340 e. The molecule has 2 aliphatic heterocycles. The molecule has 0 amide bonds. The minimum Gasteiger partial charge on any atom is -0.458 e. The summed E-state index contributed by atoms with van der Waals surface area (Å²) >= 11 is 0. The van der Waals surface area contributed by atoms with Crippen LogP contribution < -0.4 is 17.0 Å². The van der Waals surface area contributed by atoms with Crippen molar-refractivity contribution in [3.63, 3.8) is 0 Å². The zero-order valence-electron chi connectivity index (χ0n) is 22.1. The number of aryl methyl sites for hydroxylation is 2. The largest absolute Gasteiger partial charge is 0.458 e. The topological polar surface area (TPSA) is 133 Å². The standard InChI is InChI=1S/C22H17FN2O4.C4H12N2.C2H6/c1-9-10-3-2-4-11-13-7-25-17(19(13)24-16(18(10)11)6-15(9)23)5-12-14(21(25)27)8-29-22(28)20(12)26;1-4(2,6)3-5;1-2/h5-6,20,26H,2-4,7-8H2,1H3;3,5-6H2,1-2H3;1-2H3. The van der Waals surface area contributed by atoms with E-state index in [4.69, 9.17) is 21.2 Å². The maximum atomic E-state index is 14.5. The Morgan fingerprint density at radius 3 is 2.46 bits per heavy atom. The Bertz CT molecular complexity index is 1460. The summed E-state index contributed by atoms with van der Waals surface area (Å²) in [5.41, 5.74) is 16.3. The van der Waals surface area contributed by atoms with Crippen LogP contribution in [0.1, 0.15) is 73.6 Å². The van der Waals surface area contributed by atoms with Gasteiger partial charge in [-0.05, 0) is 62.8 Å². The van der Waals surface area contributed by atoms with Crippen LogP contribution in [0.5, 0.6) is 0 Å². The number of nitrogens with two attached hydrogens (primary N) is 2. The summed E-state index contributed by atoms with van der Waals surface area (Å²) < 4.78 is 21.1. The highest BCUT2D eigenvalue weighted by Crippen LogP contribution is 2.41. The molecule has 5 N–H and O–H groups in total. The molecule has 1 aromatic carbocycles. The van der Waals surface area contributed by atoms with Gasteiger partial charge in [0.2, 0.25) is 0 Å². The lowest BCUT2D eigenvalue weighted by Gasteiger charge is -2.22. The number of halogens is 1. The number of aliphatic hydroxyl groups is 1. The van der Waals surface area contributed by atoms with Gasteiger partial charge in [-0.1, -0.05) is 13.8 Å². The lowest BCUT2D eigenvalue weighted by Crippen LogP contribution is -2.40. The van der Waals surface area contributed by atoms with Crippen molar-refractivity contribution in [3.05, 3.63) is 61.7 Å². The fourth-order valence-corrected chi connectivity index (χ4v) is 5.06. The van der Waals surface area contributed by atoms with Crippen molar-refractivity contribution in [2.45, 2.75) is 78.7 Å². The van der Waals surface area contributed by atoms with Crippen LogP contribution in [0, 0.1) is 12.7 Å². The van der Waals surface area contributed by atoms with Gasteiger partial charge in [-0.3, -0.25) is 4.79 Å². The number of cyclic esters (lactones) is 1. The molecule has 3 aliphatic rings. The summed E-state index contributed by atoms with van der Waals surface area (Å²) in [5, 5.41) is 11.2. The van der Waals surface area contributed by atoms with Gasteiger partial charge in [0.15, 0.2) is 6.10 Å². The Hall–Kier alpha value is -3.14. The molecule has 0 bridgehead atoms. The number of hydrogen-bond donors (Lipinski definition) is 3. The van der Waals surface area contributed by atoms with Crippen LogP contribution in [-0.4, -0.2) is 32.7 Å². The molecule has 3 aromatic rings. The van der Waals surface area contributed by atoms with Gasteiger partial charge in [0, 0.05) is 34.7 Å². The number of aromatic nitrogens is 2. The first-order valence-electron chi connectivity index (χ1n) is 12.8. The van der Waals surface area contributed by atoms with Gasteiger partial charge in [-0.2, -0.15) is 0 Å². The zero-order valence-corrected chi connectivity index (χ0v) is 22.1. The van der Waals surface area contributed by atoms with Crippen molar-refractivity contribution < 1.29 is 19.0 Å². The van der Waals surface area contributed by atoms with Crippen molar-refractivity contribution in [1.29, 1.82) is 0 Å². The van der Waals surface area contributed by atoms with E-state index in [1.807, 2.05) is 27.7 Å². The number of rotatable bonds is 1. The van der Waals surface area contributed by atoms with Crippen LogP contribution in [0.3, 0.4) is 0 Å². The lowest BCUT2D eigenvalue weighted by molar-refractivity contribution is -0.157. The second-order valence-electron chi connectivity index (χ2n) is 10.2. The van der Waals surface area contributed by atoms with Crippen molar-refractivity contribution >= 4 is 16.9 Å². The number of hydrogen-bond acceptors (Lipinski definition) is 7. The Labute approximate surface area is 215 Å². The molecule has 4 heterocycles. The molecule has 0 saturated carbocycles. The van der Waals surface area contributed by atoms with Crippen molar-refractivity contribution in [1.82, 2.24) is 9.55 Å². The van der Waals surface area contributed by atoms with Gasteiger partial charge in [0.05, 0.1) is 29.0 Å². The maximum absolute atomic E-state index is 14.5. The number of ether oxygens (including phenoxy) is 1. The first kappa shape index (κ1) is 26.9. The van der Waals surface area contributed by atoms with E-state index >= 15 is 0 Å². The van der Waals surface area contributed by atoms with E-state index in [1.165, 1.54) is 6.07 Å². The van der Waals surface area contributed by atoms with Crippen molar-refractivity contribution in [2.75, 3.05) is 6.54 Å². The number of aliphatic hydroxyl groups excluding tert-OH is 1. The average Bonchev–Trinajstić information content (AvgIpc) is 3.25. The molecule has 1 aliphatic carbocycles. The first-order valence-corrected chi connectivity index (χ1v) is 12.8. The summed E-state index contributed by atoms with van der Waals surface area (Å²) in [6.45, 7) is 10.4. The quantitative estimate of drug-likeness (QED) is 0.335. The fourth-order valence-electron chi connectivity index (χ4n) is 5.06. The molecule has 8 nitrogen and oxygen atoms in total. The molecule has 37 heavy (non-hydrogen) atoms. The van der Waals surface area contributed by atoms with Gasteiger partial charge in [-0.25, -0.2) is 14.2 Å². The summed E-state index contributed by atoms with van der Waals surface area (Å²) in [6.07, 6.45) is 1.12. The smallest absolute Gasteiger partial charge is 0.340 e. The SMILES string of the molecule is CC.CC(C)(N)CN.Cc1c(F)cc2nc3c(c4c2c1CCC4)Cn1c-3cc2c(c1=O)COC(=O)C2O. The molecule has 0 radical (unpaired) electrons. The predicted octanol–water partition coefficient (Wildman–Crippen LogP) is 3.16. The van der Waals surface area contributed by atoms with Crippen molar-refractivity contribution in [3.8, 4) is 11.4 Å². The first-order chi connectivity index (χ1) is 17.5. The van der Waals surface area contributed by atoms with Crippen LogP contribution in [0.4, 0.5) is 4.39 Å². The lowest BCUT2D eigenvalue weighted by atomic mass is 9.85. The highest BCUT2D eigenvalue weighted by atomic mass is 19.1. The third-order valence-electron chi connectivity index (χ3n) is 7.07. The molecule has 0 fully saturated rings. The van der Waals surface area contributed by atoms with E-state index in [0.29, 0.717) is 41.1 Å². The minimum atomic E-state index is -1.48. The average molecular weight is 511 g/mol. The van der Waals surface area contributed by atoms with Gasteiger partial charge < -0.3 is 25.9 Å². The number of carbonyl (C=O) groups excluding carboxylic acids is 1. The molecule has 0 spiro atoms. The highest BCUT2D eigenvalue weighted by molar-refractivity contribution is 5.92. The molecule has 9 heteroatoms. The van der Waals surface area contributed by atoms with E-state index in [2.05, 4.69) is 0 Å². The Morgan fingerprint density at radius 1 is 1.16 bits per heavy atom. The molecular formula is C28H35FN4O4. The highest BCUT2D eigenvalue weighted by Gasteiger charge is 2.35. The molecule has 0 saturated heterocycles. The van der Waals surface area contributed by atoms with Gasteiger partial charge >= 0.3 is 5.97 Å². The summed E-state index contributed by atoms with van der Waals surface area (Å²) in [4.78, 5) is 29.6. The van der Waals surface area contributed by atoms with Crippen LogP contribution in [-0.2, 0) is 35.5 Å². The monoisotopic (exact) mass is 510 g/mol. The molecule has 6 rings (SSSR count). The third-order valence-corrected chi connectivity index (χ3v) is 7.07. The summed E-state index contributed by atoms with van der Waals surface area (Å²) in [7, 11) is 0. The molecule has 2 aromatic heterocycles. The number of pyridine rings is 2. The van der Waals surface area contributed by atoms with Crippen LogP contribution >= 0.6 is 0 Å². The van der Waals surface area contributed by atoms with Crippen LogP contribution in [0.15, 0.2) is 16.9 Å². The van der Waals surface area contributed by atoms with Crippen molar-refractivity contribution in [2.24, 2.45) is 11.5 Å². The zero-order chi connectivity index (χ0) is 27.2. The van der Waals surface area contributed by atoms with Crippen LogP contribution in [0.2, 0.25) is 0 Å². The normalized spacial score (nSPS) is 17.0. The number of esters is 1. The summed E-state index contributed by atoms with van der Waals surface area (Å²) in [6, 6.07) is 3.13. The predicted molar refractivity (Wildman–Crippen MR) is 141 cm³/mol.